The Balaban J connectivity index is 2.27. The molecule has 0 aromatic heterocycles. The maximum atomic E-state index is 12.7. The highest BCUT2D eigenvalue weighted by atomic mass is 16.7. The van der Waals surface area contributed by atoms with Crippen molar-refractivity contribution in [3.05, 3.63) is 72.9 Å². The van der Waals surface area contributed by atoms with Crippen LogP contribution >= 0.6 is 0 Å². The topological polar surface area (TPSA) is 135 Å². The summed E-state index contributed by atoms with van der Waals surface area (Å²) in [7, 11) is 0. The quantitative estimate of drug-likeness (QED) is 0.0282. The summed E-state index contributed by atoms with van der Waals surface area (Å²) in [5.41, 5.74) is 0. The first kappa shape index (κ1) is 50.6. The normalized spacial score (nSPS) is 21.5. The molecule has 9 heteroatoms. The third-order valence-corrected chi connectivity index (χ3v) is 9.39. The van der Waals surface area contributed by atoms with E-state index in [2.05, 4.69) is 86.8 Å². The van der Waals surface area contributed by atoms with Crippen molar-refractivity contribution in [2.45, 2.75) is 185 Å². The van der Waals surface area contributed by atoms with Crippen LogP contribution in [0.4, 0.5) is 0 Å². The molecule has 6 unspecified atom stereocenters. The summed E-state index contributed by atoms with van der Waals surface area (Å²) in [4.78, 5) is 12.7. The predicted molar refractivity (Wildman–Crippen MR) is 224 cm³/mol. The van der Waals surface area contributed by atoms with E-state index in [0.29, 0.717) is 6.61 Å². The summed E-state index contributed by atoms with van der Waals surface area (Å²) in [5.74, 6) is -0.342. The summed E-state index contributed by atoms with van der Waals surface area (Å²) in [5, 5.41) is 40.0. The number of carbonyl (C=O) groups excluding carboxylic acids is 1. The number of rotatable bonds is 35. The van der Waals surface area contributed by atoms with Crippen molar-refractivity contribution < 1.29 is 44.2 Å². The van der Waals surface area contributed by atoms with Crippen molar-refractivity contribution in [2.24, 2.45) is 0 Å². The molecule has 1 rings (SSSR count). The van der Waals surface area contributed by atoms with Gasteiger partial charge in [-0.25, -0.2) is 0 Å². The van der Waals surface area contributed by atoms with E-state index in [-0.39, 0.29) is 25.6 Å². The van der Waals surface area contributed by atoms with Gasteiger partial charge in [-0.05, 0) is 64.2 Å². The van der Waals surface area contributed by atoms with Crippen LogP contribution in [0.1, 0.15) is 149 Å². The van der Waals surface area contributed by atoms with Crippen molar-refractivity contribution >= 4 is 5.97 Å². The summed E-state index contributed by atoms with van der Waals surface area (Å²) >= 11 is 0. The molecule has 0 amide bonds. The van der Waals surface area contributed by atoms with Crippen molar-refractivity contribution in [3.63, 3.8) is 0 Å². The Morgan fingerprint density at radius 2 is 1.11 bits per heavy atom. The molecule has 316 valence electrons. The van der Waals surface area contributed by atoms with Crippen LogP contribution in [0, 0.1) is 0 Å². The Bertz CT molecular complexity index is 1060. The van der Waals surface area contributed by atoms with Crippen molar-refractivity contribution in [2.75, 3.05) is 26.4 Å². The van der Waals surface area contributed by atoms with Gasteiger partial charge in [0.25, 0.3) is 0 Å². The van der Waals surface area contributed by atoms with Crippen molar-refractivity contribution in [1.82, 2.24) is 0 Å². The highest BCUT2D eigenvalue weighted by Gasteiger charge is 2.44. The standard InChI is InChI=1S/C46H78O9/c1-3-5-7-9-11-13-14-15-16-17-18-19-20-21-22-23-24-25-26-27-29-31-33-35-42(48)54-40(38-52-36-34-32-30-28-12-10-8-6-4-2)39-53-46-45(51)44(50)43(49)41(37-47)55-46/h5,7,11,13,15-16,18-19,21-22,24-25,40-41,43-47,49-51H,3-4,6,8-10,12,14,17,20,23,26-39H2,1-2H3/b7-5-,13-11-,16-15-,19-18-,22-21-,25-24-. The Morgan fingerprint density at radius 3 is 1.67 bits per heavy atom. The zero-order valence-corrected chi connectivity index (χ0v) is 34.4. The van der Waals surface area contributed by atoms with E-state index >= 15 is 0 Å². The van der Waals surface area contributed by atoms with Crippen LogP contribution in [-0.4, -0.2) is 89.6 Å². The van der Waals surface area contributed by atoms with Crippen molar-refractivity contribution in [1.29, 1.82) is 0 Å². The van der Waals surface area contributed by atoms with Gasteiger partial charge in [-0.15, -0.1) is 0 Å². The molecule has 1 aliphatic rings. The van der Waals surface area contributed by atoms with Gasteiger partial charge in [-0.3, -0.25) is 4.79 Å². The van der Waals surface area contributed by atoms with Gasteiger partial charge in [-0.2, -0.15) is 0 Å². The summed E-state index contributed by atoms with van der Waals surface area (Å²) < 4.78 is 22.7. The lowest BCUT2D eigenvalue weighted by molar-refractivity contribution is -0.305. The van der Waals surface area contributed by atoms with Crippen LogP contribution in [-0.2, 0) is 23.7 Å². The minimum absolute atomic E-state index is 0.127. The third-order valence-electron chi connectivity index (χ3n) is 9.39. The van der Waals surface area contributed by atoms with E-state index in [1.54, 1.807) is 0 Å². The molecule has 1 aliphatic heterocycles. The monoisotopic (exact) mass is 775 g/mol. The van der Waals surface area contributed by atoms with Crippen LogP contribution in [0.3, 0.4) is 0 Å². The predicted octanol–water partition coefficient (Wildman–Crippen LogP) is 9.30. The van der Waals surface area contributed by atoms with Gasteiger partial charge in [0.15, 0.2) is 6.29 Å². The molecular formula is C46H78O9. The molecule has 0 aromatic carbocycles. The number of aliphatic hydroxyl groups is 4. The van der Waals surface area contributed by atoms with E-state index in [4.69, 9.17) is 18.9 Å². The van der Waals surface area contributed by atoms with E-state index in [9.17, 15) is 25.2 Å². The molecule has 0 spiro atoms. The summed E-state index contributed by atoms with van der Waals surface area (Å²) in [6, 6.07) is 0. The molecule has 0 aromatic rings. The maximum absolute atomic E-state index is 12.7. The highest BCUT2D eigenvalue weighted by Crippen LogP contribution is 2.22. The average molecular weight is 775 g/mol. The minimum Gasteiger partial charge on any atom is -0.457 e. The number of ether oxygens (including phenoxy) is 4. The van der Waals surface area contributed by atoms with Crippen LogP contribution in [0.2, 0.25) is 0 Å². The van der Waals surface area contributed by atoms with E-state index in [0.717, 1.165) is 83.5 Å². The first-order chi connectivity index (χ1) is 26.9. The van der Waals surface area contributed by atoms with Gasteiger partial charge >= 0.3 is 5.97 Å². The number of unbranched alkanes of at least 4 members (excludes halogenated alkanes) is 12. The van der Waals surface area contributed by atoms with Crippen LogP contribution in [0.25, 0.3) is 0 Å². The fourth-order valence-electron chi connectivity index (χ4n) is 6.02. The second-order valence-electron chi connectivity index (χ2n) is 14.4. The second kappa shape index (κ2) is 37.2. The number of carbonyl (C=O) groups is 1. The zero-order valence-electron chi connectivity index (χ0n) is 34.4. The second-order valence-corrected chi connectivity index (χ2v) is 14.4. The van der Waals surface area contributed by atoms with Crippen molar-refractivity contribution in [3.8, 4) is 0 Å². The first-order valence-electron chi connectivity index (χ1n) is 21.5. The molecule has 0 radical (unpaired) electrons. The van der Waals surface area contributed by atoms with Gasteiger partial charge in [-0.1, -0.05) is 151 Å². The molecule has 0 bridgehead atoms. The van der Waals surface area contributed by atoms with Crippen LogP contribution in [0.5, 0.6) is 0 Å². The fourth-order valence-corrected chi connectivity index (χ4v) is 6.02. The van der Waals surface area contributed by atoms with E-state index < -0.39 is 43.4 Å². The number of esters is 1. The van der Waals surface area contributed by atoms with Gasteiger partial charge in [0.05, 0.1) is 19.8 Å². The molecule has 55 heavy (non-hydrogen) atoms. The molecule has 1 saturated heterocycles. The molecular weight excluding hydrogens is 696 g/mol. The number of allylic oxidation sites excluding steroid dienone is 12. The van der Waals surface area contributed by atoms with E-state index in [1.165, 1.54) is 44.9 Å². The zero-order chi connectivity index (χ0) is 40.0. The fraction of sp³-hybridized carbons (Fsp3) is 0.717. The Hall–Kier alpha value is -2.37. The number of aliphatic hydroxyl groups excluding tert-OH is 4. The number of hydrogen-bond acceptors (Lipinski definition) is 9. The third kappa shape index (κ3) is 28.6. The van der Waals surface area contributed by atoms with Gasteiger partial charge < -0.3 is 39.4 Å². The lowest BCUT2D eigenvalue weighted by atomic mass is 9.99. The summed E-state index contributed by atoms with van der Waals surface area (Å²) in [6.07, 6.45) is 40.7. The molecule has 4 N–H and O–H groups in total. The first-order valence-corrected chi connectivity index (χ1v) is 21.5. The lowest BCUT2D eigenvalue weighted by Gasteiger charge is -2.39. The molecule has 1 fully saturated rings. The lowest BCUT2D eigenvalue weighted by Crippen LogP contribution is -2.59. The van der Waals surface area contributed by atoms with Crippen LogP contribution in [0.15, 0.2) is 72.9 Å². The SMILES string of the molecule is CC/C=C\C/C=C\C/C=C\C/C=C\C/C=C\C/C=C\CCCCCCC(=O)OC(COCCCCCCCCCCC)COC1OC(CO)C(O)C(O)C1O. The maximum Gasteiger partial charge on any atom is 0.306 e. The number of hydrogen-bond donors (Lipinski definition) is 4. The van der Waals surface area contributed by atoms with E-state index in [1.807, 2.05) is 0 Å². The Labute approximate surface area is 334 Å². The van der Waals surface area contributed by atoms with Gasteiger partial charge in [0, 0.05) is 13.0 Å². The molecule has 6 atom stereocenters. The van der Waals surface area contributed by atoms with Gasteiger partial charge in [0.2, 0.25) is 0 Å². The summed E-state index contributed by atoms with van der Waals surface area (Å²) in [6.45, 7) is 4.37. The van der Waals surface area contributed by atoms with Gasteiger partial charge in [0.1, 0.15) is 30.5 Å². The smallest absolute Gasteiger partial charge is 0.306 e. The molecule has 0 saturated carbocycles. The Morgan fingerprint density at radius 1 is 0.600 bits per heavy atom. The Kier molecular flexibility index (Phi) is 34.3. The average Bonchev–Trinajstić information content (AvgIpc) is 3.18. The molecule has 9 nitrogen and oxygen atoms in total. The molecule has 0 aliphatic carbocycles. The van der Waals surface area contributed by atoms with Crippen LogP contribution < -0.4 is 0 Å². The minimum atomic E-state index is -1.54. The largest absolute Gasteiger partial charge is 0.457 e. The highest BCUT2D eigenvalue weighted by molar-refractivity contribution is 5.69. The molecule has 1 heterocycles.